The van der Waals surface area contributed by atoms with Crippen molar-refractivity contribution in [1.82, 2.24) is 4.90 Å². The van der Waals surface area contributed by atoms with Crippen molar-refractivity contribution in [1.29, 1.82) is 0 Å². The van der Waals surface area contributed by atoms with E-state index in [1.54, 1.807) is 0 Å². The smallest absolute Gasteiger partial charge is 0.145 e. The van der Waals surface area contributed by atoms with E-state index in [-0.39, 0.29) is 5.54 Å². The van der Waals surface area contributed by atoms with Crippen LogP contribution < -0.4 is 10.5 Å². The van der Waals surface area contributed by atoms with Crippen molar-refractivity contribution in [3.05, 3.63) is 23.8 Å². The molecule has 0 atom stereocenters. The van der Waals surface area contributed by atoms with Gasteiger partial charge in [-0.2, -0.15) is 0 Å². The summed E-state index contributed by atoms with van der Waals surface area (Å²) in [6.07, 6.45) is 0. The second-order valence-electron chi connectivity index (χ2n) is 4.99. The Morgan fingerprint density at radius 1 is 1.31 bits per heavy atom. The van der Waals surface area contributed by atoms with Crippen molar-refractivity contribution < 1.29 is 4.74 Å². The molecule has 3 heteroatoms. The van der Waals surface area contributed by atoms with Gasteiger partial charge in [-0.1, -0.05) is 12.1 Å². The minimum Gasteiger partial charge on any atom is -0.489 e. The molecule has 1 rings (SSSR count). The summed E-state index contributed by atoms with van der Waals surface area (Å²) in [6, 6.07) is 5.81. The largest absolute Gasteiger partial charge is 0.489 e. The molecule has 1 aromatic carbocycles. The number of rotatable bonds is 4. The minimum absolute atomic E-state index is 0.00524. The highest BCUT2D eigenvalue weighted by Gasteiger charge is 2.22. The van der Waals surface area contributed by atoms with E-state index < -0.39 is 0 Å². The normalized spacial score (nSPS) is 11.9. The average molecular weight is 222 g/mol. The second-order valence-corrected chi connectivity index (χ2v) is 4.99. The standard InChI is InChI=1S/C13H22N2O/c1-10-7-6-8-11(14)12(10)16-9-13(2,3)15(4)5/h6-8H,9,14H2,1-5H3. The van der Waals surface area contributed by atoms with Crippen molar-refractivity contribution in [2.75, 3.05) is 26.4 Å². The highest BCUT2D eigenvalue weighted by atomic mass is 16.5. The van der Waals surface area contributed by atoms with Crippen molar-refractivity contribution >= 4 is 5.69 Å². The Hall–Kier alpha value is -1.22. The van der Waals surface area contributed by atoms with E-state index in [4.69, 9.17) is 10.5 Å². The van der Waals surface area contributed by atoms with E-state index in [2.05, 4.69) is 18.7 Å². The number of anilines is 1. The number of para-hydroxylation sites is 1. The lowest BCUT2D eigenvalue weighted by atomic mass is 10.1. The van der Waals surface area contributed by atoms with Crippen molar-refractivity contribution in [3.8, 4) is 5.75 Å². The molecular weight excluding hydrogens is 200 g/mol. The number of hydrogen-bond donors (Lipinski definition) is 1. The molecule has 0 aromatic heterocycles. The summed E-state index contributed by atoms with van der Waals surface area (Å²) < 4.78 is 5.83. The third kappa shape index (κ3) is 2.89. The van der Waals surface area contributed by atoms with Crippen molar-refractivity contribution in [3.63, 3.8) is 0 Å². The molecule has 1 aromatic rings. The molecule has 16 heavy (non-hydrogen) atoms. The highest BCUT2D eigenvalue weighted by molar-refractivity contribution is 5.56. The molecular formula is C13H22N2O. The van der Waals surface area contributed by atoms with E-state index in [1.165, 1.54) is 0 Å². The molecule has 0 amide bonds. The van der Waals surface area contributed by atoms with E-state index in [1.807, 2.05) is 39.2 Å². The third-order valence-corrected chi connectivity index (χ3v) is 3.02. The molecule has 0 bridgehead atoms. The second kappa shape index (κ2) is 4.74. The molecule has 0 heterocycles. The average Bonchev–Trinajstić information content (AvgIpc) is 2.16. The number of nitrogen functional groups attached to an aromatic ring is 1. The maximum Gasteiger partial charge on any atom is 0.145 e. The van der Waals surface area contributed by atoms with Crippen LogP contribution in [0.25, 0.3) is 0 Å². The van der Waals surface area contributed by atoms with Crippen LogP contribution in [-0.4, -0.2) is 31.1 Å². The van der Waals surface area contributed by atoms with Crippen LogP contribution in [0.2, 0.25) is 0 Å². The number of ether oxygens (including phenoxy) is 1. The van der Waals surface area contributed by atoms with E-state index in [0.29, 0.717) is 12.3 Å². The molecule has 0 fully saturated rings. The minimum atomic E-state index is -0.00524. The van der Waals surface area contributed by atoms with Crippen LogP contribution in [0, 0.1) is 6.92 Å². The van der Waals surface area contributed by atoms with E-state index in [0.717, 1.165) is 11.3 Å². The van der Waals surface area contributed by atoms with E-state index >= 15 is 0 Å². The van der Waals surface area contributed by atoms with Gasteiger partial charge in [-0.15, -0.1) is 0 Å². The Morgan fingerprint density at radius 2 is 1.94 bits per heavy atom. The topological polar surface area (TPSA) is 38.5 Å². The van der Waals surface area contributed by atoms with Crippen LogP contribution in [0.1, 0.15) is 19.4 Å². The fraction of sp³-hybridized carbons (Fsp3) is 0.538. The van der Waals surface area contributed by atoms with E-state index in [9.17, 15) is 0 Å². The molecule has 0 saturated heterocycles. The first-order valence-corrected chi connectivity index (χ1v) is 5.50. The summed E-state index contributed by atoms with van der Waals surface area (Å²) in [4.78, 5) is 2.14. The predicted molar refractivity (Wildman–Crippen MR) is 68.9 cm³/mol. The van der Waals surface area contributed by atoms with Crippen LogP contribution in [0.4, 0.5) is 5.69 Å². The van der Waals surface area contributed by atoms with Gasteiger partial charge in [-0.25, -0.2) is 0 Å². The number of hydrogen-bond acceptors (Lipinski definition) is 3. The van der Waals surface area contributed by atoms with Gasteiger partial charge in [0.25, 0.3) is 0 Å². The number of benzene rings is 1. The Balaban J connectivity index is 2.75. The van der Waals surface area contributed by atoms with Gasteiger partial charge in [0.2, 0.25) is 0 Å². The summed E-state index contributed by atoms with van der Waals surface area (Å²) in [6.45, 7) is 6.91. The number of nitrogens with two attached hydrogens (primary N) is 1. The fourth-order valence-corrected chi connectivity index (χ4v) is 1.25. The molecule has 0 spiro atoms. The van der Waals surface area contributed by atoms with Gasteiger partial charge in [0, 0.05) is 5.54 Å². The van der Waals surface area contributed by atoms with Gasteiger partial charge >= 0.3 is 0 Å². The Labute approximate surface area is 98.2 Å². The molecule has 0 unspecified atom stereocenters. The van der Waals surface area contributed by atoms with Crippen molar-refractivity contribution in [2.24, 2.45) is 0 Å². The van der Waals surface area contributed by atoms with Gasteiger partial charge in [-0.05, 0) is 46.5 Å². The predicted octanol–water partition coefficient (Wildman–Crippen LogP) is 2.30. The van der Waals surface area contributed by atoms with Gasteiger partial charge in [-0.3, -0.25) is 0 Å². The molecule has 3 nitrogen and oxygen atoms in total. The molecule has 90 valence electrons. The zero-order chi connectivity index (χ0) is 12.3. The van der Waals surface area contributed by atoms with Crippen LogP contribution in [0.5, 0.6) is 5.75 Å². The van der Waals surface area contributed by atoms with Gasteiger partial charge < -0.3 is 15.4 Å². The third-order valence-electron chi connectivity index (χ3n) is 3.02. The molecule has 0 saturated carbocycles. The number of aryl methyl sites for hydroxylation is 1. The molecule has 0 aliphatic carbocycles. The zero-order valence-electron chi connectivity index (χ0n) is 10.9. The maximum absolute atomic E-state index is 5.89. The van der Waals surface area contributed by atoms with Crippen LogP contribution >= 0.6 is 0 Å². The van der Waals surface area contributed by atoms with Crippen LogP contribution in [0.15, 0.2) is 18.2 Å². The molecule has 2 N–H and O–H groups in total. The first kappa shape index (κ1) is 12.8. The highest BCUT2D eigenvalue weighted by Crippen LogP contribution is 2.26. The fourth-order valence-electron chi connectivity index (χ4n) is 1.25. The Kier molecular flexibility index (Phi) is 3.81. The first-order valence-electron chi connectivity index (χ1n) is 5.50. The van der Waals surface area contributed by atoms with Gasteiger partial charge in [0.1, 0.15) is 12.4 Å². The van der Waals surface area contributed by atoms with Gasteiger partial charge in [0.05, 0.1) is 5.69 Å². The SMILES string of the molecule is Cc1cccc(N)c1OCC(C)(C)N(C)C. The number of nitrogens with zero attached hydrogens (tertiary/aromatic N) is 1. The summed E-state index contributed by atoms with van der Waals surface area (Å²) in [5.41, 5.74) is 7.66. The summed E-state index contributed by atoms with van der Waals surface area (Å²) in [5.74, 6) is 0.803. The summed E-state index contributed by atoms with van der Waals surface area (Å²) in [5, 5.41) is 0. The zero-order valence-corrected chi connectivity index (χ0v) is 10.9. The Morgan fingerprint density at radius 3 is 2.44 bits per heavy atom. The van der Waals surface area contributed by atoms with Gasteiger partial charge in [0.15, 0.2) is 0 Å². The van der Waals surface area contributed by atoms with Crippen LogP contribution in [-0.2, 0) is 0 Å². The molecule has 0 aliphatic heterocycles. The maximum atomic E-state index is 5.89. The van der Waals surface area contributed by atoms with Crippen LogP contribution in [0.3, 0.4) is 0 Å². The lowest BCUT2D eigenvalue weighted by molar-refractivity contribution is 0.114. The quantitative estimate of drug-likeness (QED) is 0.794. The molecule has 0 radical (unpaired) electrons. The summed E-state index contributed by atoms with van der Waals surface area (Å²) >= 11 is 0. The summed E-state index contributed by atoms with van der Waals surface area (Å²) in [7, 11) is 4.09. The lowest BCUT2D eigenvalue weighted by Crippen LogP contribution is -2.43. The van der Waals surface area contributed by atoms with Crippen molar-refractivity contribution in [2.45, 2.75) is 26.3 Å². The lowest BCUT2D eigenvalue weighted by Gasteiger charge is -2.32. The Bertz CT molecular complexity index is 339. The molecule has 0 aliphatic rings. The number of likely N-dealkylation sites (N-methyl/N-ethyl adjacent to an activating group) is 1. The monoisotopic (exact) mass is 222 g/mol. The first-order chi connectivity index (χ1) is 7.34.